The molecule has 8 heteroatoms. The van der Waals surface area contributed by atoms with Crippen LogP contribution in [0.25, 0.3) is 0 Å². The Balaban J connectivity index is 1.87. The Hall–Kier alpha value is -3.22. The predicted molar refractivity (Wildman–Crippen MR) is 134 cm³/mol. The van der Waals surface area contributed by atoms with Crippen molar-refractivity contribution in [3.8, 4) is 11.5 Å². The van der Waals surface area contributed by atoms with Gasteiger partial charge in [-0.2, -0.15) is 0 Å². The highest BCUT2D eigenvalue weighted by molar-refractivity contribution is 6.42. The number of halogens is 2. The molecule has 0 aliphatic rings. The van der Waals surface area contributed by atoms with E-state index < -0.39 is 6.04 Å². The maximum atomic E-state index is 13.4. The highest BCUT2D eigenvalue weighted by Crippen LogP contribution is 2.24. The van der Waals surface area contributed by atoms with Crippen molar-refractivity contribution in [3.05, 3.63) is 94.0 Å². The van der Waals surface area contributed by atoms with Crippen LogP contribution in [0, 0.1) is 0 Å². The zero-order valence-corrected chi connectivity index (χ0v) is 20.5. The topological polar surface area (TPSA) is 67.9 Å². The lowest BCUT2D eigenvalue weighted by atomic mass is 10.0. The molecule has 3 aromatic rings. The van der Waals surface area contributed by atoms with Gasteiger partial charge in [0.25, 0.3) is 5.91 Å². The molecule has 178 valence electrons. The number of benzene rings is 3. The summed E-state index contributed by atoms with van der Waals surface area (Å²) in [7, 11) is 3.13. The fraction of sp³-hybridized carbons (Fsp3) is 0.231. The van der Waals surface area contributed by atoms with Crippen molar-refractivity contribution in [2.24, 2.45) is 0 Å². The molecule has 3 rings (SSSR count). The Labute approximate surface area is 209 Å². The van der Waals surface area contributed by atoms with Crippen LogP contribution in [-0.2, 0) is 22.6 Å². The predicted octanol–water partition coefficient (Wildman–Crippen LogP) is 4.77. The third kappa shape index (κ3) is 6.89. The fourth-order valence-corrected chi connectivity index (χ4v) is 3.78. The van der Waals surface area contributed by atoms with Crippen LogP contribution in [0.15, 0.2) is 72.8 Å². The molecule has 1 atom stereocenters. The number of nitrogens with zero attached hydrogens (tertiary/aromatic N) is 1. The van der Waals surface area contributed by atoms with Gasteiger partial charge in [0.05, 0.1) is 17.2 Å². The molecule has 0 radical (unpaired) electrons. The van der Waals surface area contributed by atoms with Gasteiger partial charge in [-0.15, -0.1) is 0 Å². The van der Waals surface area contributed by atoms with Gasteiger partial charge in [0.15, 0.2) is 6.61 Å². The number of methoxy groups -OCH3 is 1. The van der Waals surface area contributed by atoms with Gasteiger partial charge in [0, 0.05) is 20.0 Å². The van der Waals surface area contributed by atoms with Crippen LogP contribution in [0.2, 0.25) is 10.0 Å². The molecule has 0 fully saturated rings. The van der Waals surface area contributed by atoms with Gasteiger partial charge in [-0.05, 0) is 47.5 Å². The minimum absolute atomic E-state index is 0.159. The van der Waals surface area contributed by atoms with Gasteiger partial charge in [0.2, 0.25) is 5.91 Å². The van der Waals surface area contributed by atoms with E-state index in [1.807, 2.05) is 30.3 Å². The van der Waals surface area contributed by atoms with E-state index in [4.69, 9.17) is 32.7 Å². The smallest absolute Gasteiger partial charge is 0.261 e. The van der Waals surface area contributed by atoms with Crippen LogP contribution >= 0.6 is 23.2 Å². The van der Waals surface area contributed by atoms with Crippen LogP contribution in [0.5, 0.6) is 11.5 Å². The van der Waals surface area contributed by atoms with Crippen molar-refractivity contribution >= 4 is 35.0 Å². The first-order valence-corrected chi connectivity index (χ1v) is 11.4. The molecule has 0 aliphatic heterocycles. The maximum Gasteiger partial charge on any atom is 0.261 e. The van der Waals surface area contributed by atoms with Crippen LogP contribution in [0.4, 0.5) is 0 Å². The molecular weight excluding hydrogens is 475 g/mol. The SMILES string of the molecule is CNC(=O)C(Cc1ccccc1)N(Cc1ccc(Cl)c(Cl)c1)C(=O)COc1ccc(OC)cc1. The Morgan fingerprint density at radius 2 is 1.59 bits per heavy atom. The van der Waals surface area contributed by atoms with Crippen molar-refractivity contribution in [1.82, 2.24) is 10.2 Å². The van der Waals surface area contributed by atoms with Gasteiger partial charge in [-0.3, -0.25) is 9.59 Å². The summed E-state index contributed by atoms with van der Waals surface area (Å²) in [4.78, 5) is 27.8. The molecule has 2 amide bonds. The Kier molecular flexibility index (Phi) is 9.19. The lowest BCUT2D eigenvalue weighted by Crippen LogP contribution is -2.51. The van der Waals surface area contributed by atoms with Crippen molar-refractivity contribution < 1.29 is 19.1 Å². The minimum atomic E-state index is -0.756. The first kappa shape index (κ1) is 25.4. The lowest BCUT2D eigenvalue weighted by molar-refractivity contribution is -0.142. The Morgan fingerprint density at radius 3 is 2.21 bits per heavy atom. The summed E-state index contributed by atoms with van der Waals surface area (Å²) < 4.78 is 10.9. The third-order valence-electron chi connectivity index (χ3n) is 5.28. The highest BCUT2D eigenvalue weighted by Gasteiger charge is 2.30. The first-order chi connectivity index (χ1) is 16.4. The number of ether oxygens (including phenoxy) is 2. The Bertz CT molecular complexity index is 1110. The van der Waals surface area contributed by atoms with Gasteiger partial charge in [-0.25, -0.2) is 0 Å². The highest BCUT2D eigenvalue weighted by atomic mass is 35.5. The number of carbonyl (C=O) groups is 2. The van der Waals surface area contributed by atoms with Crippen LogP contribution in [0.1, 0.15) is 11.1 Å². The summed E-state index contributed by atoms with van der Waals surface area (Å²) in [6, 6.07) is 20.9. The molecule has 0 heterocycles. The summed E-state index contributed by atoms with van der Waals surface area (Å²) >= 11 is 12.2. The molecule has 3 aromatic carbocycles. The van der Waals surface area contributed by atoms with E-state index in [1.54, 1.807) is 56.6 Å². The summed E-state index contributed by atoms with van der Waals surface area (Å²) in [5.41, 5.74) is 1.67. The summed E-state index contributed by atoms with van der Waals surface area (Å²) in [5.74, 6) is 0.582. The monoisotopic (exact) mass is 500 g/mol. The first-order valence-electron chi connectivity index (χ1n) is 10.7. The molecule has 1 unspecified atom stereocenters. The Morgan fingerprint density at radius 1 is 0.912 bits per heavy atom. The molecule has 0 spiro atoms. The quantitative estimate of drug-likeness (QED) is 0.435. The van der Waals surface area contributed by atoms with Crippen molar-refractivity contribution in [2.45, 2.75) is 19.0 Å². The normalized spacial score (nSPS) is 11.4. The number of hydrogen-bond donors (Lipinski definition) is 1. The standard InChI is InChI=1S/C26H26Cl2N2O4/c1-29-26(32)24(15-18-6-4-3-5-7-18)30(16-19-8-13-22(27)23(28)14-19)25(31)17-34-21-11-9-20(33-2)10-12-21/h3-14,24H,15-17H2,1-2H3,(H,29,32). The van der Waals surface area contributed by atoms with E-state index in [0.29, 0.717) is 28.0 Å². The van der Waals surface area contributed by atoms with E-state index >= 15 is 0 Å². The number of likely N-dealkylation sites (N-methyl/N-ethyl adjacent to an activating group) is 1. The summed E-state index contributed by atoms with van der Waals surface area (Å²) in [6.07, 6.45) is 0.343. The van der Waals surface area contributed by atoms with Crippen LogP contribution < -0.4 is 14.8 Å². The maximum absolute atomic E-state index is 13.4. The number of amides is 2. The van der Waals surface area contributed by atoms with E-state index in [9.17, 15) is 9.59 Å². The number of nitrogens with one attached hydrogen (secondary N) is 1. The van der Waals surface area contributed by atoms with E-state index in [1.165, 1.54) is 4.90 Å². The molecular formula is C26H26Cl2N2O4. The average Bonchev–Trinajstić information content (AvgIpc) is 2.87. The van der Waals surface area contributed by atoms with Crippen LogP contribution in [-0.4, -0.2) is 43.5 Å². The summed E-state index contributed by atoms with van der Waals surface area (Å²) in [5, 5.41) is 3.47. The molecule has 0 aliphatic carbocycles. The number of hydrogen-bond acceptors (Lipinski definition) is 4. The molecule has 1 N–H and O–H groups in total. The molecule has 0 saturated heterocycles. The van der Waals surface area contributed by atoms with E-state index in [-0.39, 0.29) is 25.0 Å². The zero-order chi connectivity index (χ0) is 24.5. The minimum Gasteiger partial charge on any atom is -0.497 e. The lowest BCUT2D eigenvalue weighted by Gasteiger charge is -2.31. The van der Waals surface area contributed by atoms with E-state index in [0.717, 1.165) is 11.1 Å². The van der Waals surface area contributed by atoms with Crippen molar-refractivity contribution in [3.63, 3.8) is 0 Å². The molecule has 0 bridgehead atoms. The second-order valence-corrected chi connectivity index (χ2v) is 8.37. The van der Waals surface area contributed by atoms with Gasteiger partial charge in [0.1, 0.15) is 17.5 Å². The molecule has 0 saturated carbocycles. The largest absolute Gasteiger partial charge is 0.497 e. The molecule has 6 nitrogen and oxygen atoms in total. The van der Waals surface area contributed by atoms with Gasteiger partial charge < -0.3 is 19.7 Å². The molecule has 0 aromatic heterocycles. The van der Waals surface area contributed by atoms with Gasteiger partial charge >= 0.3 is 0 Å². The second-order valence-electron chi connectivity index (χ2n) is 7.55. The number of rotatable bonds is 10. The molecule has 34 heavy (non-hydrogen) atoms. The van der Waals surface area contributed by atoms with Crippen molar-refractivity contribution in [2.75, 3.05) is 20.8 Å². The zero-order valence-electron chi connectivity index (χ0n) is 19.0. The average molecular weight is 501 g/mol. The second kappa shape index (κ2) is 12.3. The van der Waals surface area contributed by atoms with E-state index in [2.05, 4.69) is 5.32 Å². The van der Waals surface area contributed by atoms with Crippen molar-refractivity contribution in [1.29, 1.82) is 0 Å². The van der Waals surface area contributed by atoms with Crippen LogP contribution in [0.3, 0.4) is 0 Å². The summed E-state index contributed by atoms with van der Waals surface area (Å²) in [6.45, 7) is -0.0808. The number of carbonyl (C=O) groups excluding carboxylic acids is 2. The third-order valence-corrected chi connectivity index (χ3v) is 6.02. The fourth-order valence-electron chi connectivity index (χ4n) is 3.46. The van der Waals surface area contributed by atoms with Gasteiger partial charge in [-0.1, -0.05) is 59.6 Å².